The van der Waals surface area contributed by atoms with Gasteiger partial charge >= 0.3 is 5.97 Å². The predicted octanol–water partition coefficient (Wildman–Crippen LogP) is 4.03. The number of carbonyl (C=O) groups is 1. The van der Waals surface area contributed by atoms with Crippen molar-refractivity contribution in [1.82, 2.24) is 14.9 Å². The maximum atomic E-state index is 12.1. The zero-order chi connectivity index (χ0) is 22.4. The van der Waals surface area contributed by atoms with Crippen LogP contribution in [0.4, 0.5) is 0 Å². The zero-order valence-electron chi connectivity index (χ0n) is 18.3. The third-order valence-electron chi connectivity index (χ3n) is 5.85. The second-order valence-corrected chi connectivity index (χ2v) is 7.65. The van der Waals surface area contributed by atoms with Crippen molar-refractivity contribution in [2.45, 2.75) is 18.0 Å². The van der Waals surface area contributed by atoms with Gasteiger partial charge in [0.2, 0.25) is 0 Å². The lowest BCUT2D eigenvalue weighted by molar-refractivity contribution is -0.142. The Balaban J connectivity index is 1.92. The molecule has 5 heteroatoms. The van der Waals surface area contributed by atoms with Gasteiger partial charge in [0.25, 0.3) is 0 Å². The quantitative estimate of drug-likeness (QED) is 0.342. The minimum Gasteiger partial charge on any atom is -0.468 e. The van der Waals surface area contributed by atoms with Crippen LogP contribution in [0.5, 0.6) is 0 Å². The van der Waals surface area contributed by atoms with Gasteiger partial charge in [-0.05, 0) is 23.7 Å². The van der Waals surface area contributed by atoms with E-state index in [4.69, 9.17) is 4.74 Å². The van der Waals surface area contributed by atoms with E-state index in [9.17, 15) is 4.79 Å². The van der Waals surface area contributed by atoms with Gasteiger partial charge in [-0.25, -0.2) is 4.98 Å². The van der Waals surface area contributed by atoms with Crippen molar-refractivity contribution in [2.75, 3.05) is 14.2 Å². The molecule has 0 aliphatic carbocycles. The number of rotatable bonds is 8. The Morgan fingerprint density at radius 3 is 1.78 bits per heavy atom. The summed E-state index contributed by atoms with van der Waals surface area (Å²) in [5, 5.41) is 3.02. The van der Waals surface area contributed by atoms with E-state index in [1.54, 1.807) is 7.05 Å². The van der Waals surface area contributed by atoms with Gasteiger partial charge in [-0.1, -0.05) is 91.0 Å². The Labute approximate surface area is 188 Å². The van der Waals surface area contributed by atoms with E-state index < -0.39 is 11.6 Å². The highest BCUT2D eigenvalue weighted by Gasteiger charge is 2.38. The number of esters is 1. The summed E-state index contributed by atoms with van der Waals surface area (Å²) in [6.45, 7) is 0. The van der Waals surface area contributed by atoms with E-state index in [0.29, 0.717) is 6.42 Å². The SMILES string of the molecule is CN[C@@H](Cc1cn(C(c2ccccc2)(c2ccccc2)c2ccccc2)cn1)C(=O)OC. The van der Waals surface area contributed by atoms with Crippen LogP contribution in [0.2, 0.25) is 0 Å². The predicted molar refractivity (Wildman–Crippen MR) is 125 cm³/mol. The molecule has 32 heavy (non-hydrogen) atoms. The van der Waals surface area contributed by atoms with Crippen molar-refractivity contribution in [1.29, 1.82) is 0 Å². The van der Waals surface area contributed by atoms with Crippen LogP contribution in [0.1, 0.15) is 22.4 Å². The summed E-state index contributed by atoms with van der Waals surface area (Å²) in [5.74, 6) is -0.303. The minimum atomic E-state index is -0.616. The maximum Gasteiger partial charge on any atom is 0.323 e. The first-order chi connectivity index (χ1) is 15.7. The molecule has 162 valence electrons. The second kappa shape index (κ2) is 9.62. The molecule has 3 aromatic carbocycles. The van der Waals surface area contributed by atoms with Crippen LogP contribution in [0.3, 0.4) is 0 Å². The van der Waals surface area contributed by atoms with Gasteiger partial charge in [-0.15, -0.1) is 0 Å². The van der Waals surface area contributed by atoms with Gasteiger partial charge in [0, 0.05) is 12.6 Å². The van der Waals surface area contributed by atoms with Gasteiger partial charge in [-0.2, -0.15) is 0 Å². The Morgan fingerprint density at radius 1 is 0.906 bits per heavy atom. The number of benzene rings is 3. The molecular weight excluding hydrogens is 398 g/mol. The third-order valence-corrected chi connectivity index (χ3v) is 5.85. The molecule has 1 atom stereocenters. The average Bonchev–Trinajstić information content (AvgIpc) is 3.33. The molecular formula is C27H27N3O2. The number of nitrogens with zero attached hydrogens (tertiary/aromatic N) is 2. The van der Waals surface area contributed by atoms with E-state index in [1.165, 1.54) is 7.11 Å². The van der Waals surface area contributed by atoms with E-state index >= 15 is 0 Å². The summed E-state index contributed by atoms with van der Waals surface area (Å²) in [7, 11) is 3.15. The second-order valence-electron chi connectivity index (χ2n) is 7.65. The Bertz CT molecular complexity index is 1040. The number of methoxy groups -OCH3 is 1. The first-order valence-corrected chi connectivity index (χ1v) is 10.6. The number of nitrogens with one attached hydrogen (secondary N) is 1. The van der Waals surface area contributed by atoms with Crippen molar-refractivity contribution in [3.05, 3.63) is 126 Å². The molecule has 0 saturated heterocycles. The van der Waals surface area contributed by atoms with Crippen molar-refractivity contribution < 1.29 is 9.53 Å². The molecule has 0 amide bonds. The highest BCUT2D eigenvalue weighted by atomic mass is 16.5. The summed E-state index contributed by atoms with van der Waals surface area (Å²) < 4.78 is 7.07. The number of aromatic nitrogens is 2. The summed E-state index contributed by atoms with van der Waals surface area (Å²) in [6.07, 6.45) is 4.32. The van der Waals surface area contributed by atoms with Crippen molar-refractivity contribution in [3.8, 4) is 0 Å². The standard InChI is InChI=1S/C27H27N3O2/c1-28-25(26(31)32-2)18-24-19-30(20-29-24)27(21-12-6-3-7-13-21,22-14-8-4-9-15-22)23-16-10-5-11-17-23/h3-17,19-20,25,28H,18H2,1-2H3/t25-/m0/s1. The molecule has 4 rings (SSSR count). The van der Waals surface area contributed by atoms with Gasteiger partial charge in [-0.3, -0.25) is 4.79 Å². The summed E-state index contributed by atoms with van der Waals surface area (Å²) >= 11 is 0. The van der Waals surface area contributed by atoms with Crippen molar-refractivity contribution in [2.24, 2.45) is 0 Å². The Kier molecular flexibility index (Phi) is 6.47. The third kappa shape index (κ3) is 3.95. The molecule has 0 unspecified atom stereocenters. The molecule has 1 aromatic heterocycles. The summed E-state index contributed by atoms with van der Waals surface area (Å²) in [4.78, 5) is 16.8. The smallest absolute Gasteiger partial charge is 0.323 e. The average molecular weight is 426 g/mol. The van der Waals surface area contributed by atoms with Crippen LogP contribution in [-0.4, -0.2) is 35.7 Å². The van der Waals surface area contributed by atoms with Crippen LogP contribution >= 0.6 is 0 Å². The van der Waals surface area contributed by atoms with E-state index in [-0.39, 0.29) is 5.97 Å². The summed E-state index contributed by atoms with van der Waals surface area (Å²) in [6, 6.07) is 30.8. The van der Waals surface area contributed by atoms with E-state index in [1.807, 2.05) is 30.7 Å². The van der Waals surface area contributed by atoms with Gasteiger partial charge in [0.05, 0.1) is 19.1 Å². The Hall–Kier alpha value is -3.70. The number of hydrogen-bond donors (Lipinski definition) is 1. The van der Waals surface area contributed by atoms with Crippen LogP contribution in [-0.2, 0) is 21.5 Å². The molecule has 0 radical (unpaired) electrons. The number of hydrogen-bond acceptors (Lipinski definition) is 4. The minimum absolute atomic E-state index is 0.303. The highest BCUT2D eigenvalue weighted by molar-refractivity contribution is 5.75. The molecule has 0 saturated carbocycles. The van der Waals surface area contributed by atoms with Crippen LogP contribution in [0.15, 0.2) is 104 Å². The normalized spacial score (nSPS) is 12.3. The van der Waals surface area contributed by atoms with Crippen molar-refractivity contribution >= 4 is 5.97 Å². The van der Waals surface area contributed by atoms with Crippen molar-refractivity contribution in [3.63, 3.8) is 0 Å². The van der Waals surface area contributed by atoms with Crippen LogP contribution < -0.4 is 5.32 Å². The first kappa shape index (κ1) is 21.5. The van der Waals surface area contributed by atoms with E-state index in [2.05, 4.69) is 87.7 Å². The summed E-state index contributed by atoms with van der Waals surface area (Å²) in [5.41, 5.74) is 3.57. The molecule has 1 heterocycles. The van der Waals surface area contributed by atoms with E-state index in [0.717, 1.165) is 22.4 Å². The number of likely N-dealkylation sites (N-methyl/N-ethyl adjacent to an activating group) is 1. The molecule has 0 spiro atoms. The number of imidazole rings is 1. The molecule has 0 bridgehead atoms. The molecule has 4 aromatic rings. The lowest BCUT2D eigenvalue weighted by atomic mass is 9.77. The van der Waals surface area contributed by atoms with Crippen LogP contribution in [0.25, 0.3) is 0 Å². The monoisotopic (exact) mass is 425 g/mol. The molecule has 0 fully saturated rings. The fourth-order valence-corrected chi connectivity index (χ4v) is 4.29. The first-order valence-electron chi connectivity index (χ1n) is 10.6. The van der Waals surface area contributed by atoms with Gasteiger partial charge in [0.15, 0.2) is 0 Å². The number of ether oxygens (including phenoxy) is 1. The maximum absolute atomic E-state index is 12.1. The lowest BCUT2D eigenvalue weighted by Gasteiger charge is -2.37. The topological polar surface area (TPSA) is 56.2 Å². The number of carbonyl (C=O) groups excluding carboxylic acids is 1. The molecule has 1 N–H and O–H groups in total. The van der Waals surface area contributed by atoms with Crippen LogP contribution in [0, 0.1) is 0 Å². The fourth-order valence-electron chi connectivity index (χ4n) is 4.29. The van der Waals surface area contributed by atoms with Gasteiger partial charge < -0.3 is 14.6 Å². The lowest BCUT2D eigenvalue weighted by Crippen LogP contribution is -2.37. The molecule has 0 aliphatic heterocycles. The molecule has 5 nitrogen and oxygen atoms in total. The highest BCUT2D eigenvalue weighted by Crippen LogP contribution is 2.40. The van der Waals surface area contributed by atoms with Gasteiger partial charge in [0.1, 0.15) is 11.6 Å². The Morgan fingerprint density at radius 2 is 1.38 bits per heavy atom. The molecule has 0 aliphatic rings. The largest absolute Gasteiger partial charge is 0.468 e. The fraction of sp³-hybridized carbons (Fsp3) is 0.185. The zero-order valence-corrected chi connectivity index (χ0v) is 18.3.